The van der Waals surface area contributed by atoms with E-state index in [0.29, 0.717) is 25.9 Å². The van der Waals surface area contributed by atoms with Gasteiger partial charge in [-0.2, -0.15) is 0 Å². The van der Waals surface area contributed by atoms with E-state index in [4.69, 9.17) is 4.74 Å². The van der Waals surface area contributed by atoms with E-state index in [1.54, 1.807) is 4.90 Å². The molecule has 1 aromatic heterocycles. The predicted octanol–water partition coefficient (Wildman–Crippen LogP) is 2.03. The van der Waals surface area contributed by atoms with Gasteiger partial charge in [-0.1, -0.05) is 18.2 Å². The summed E-state index contributed by atoms with van der Waals surface area (Å²) in [5, 5.41) is 4.34. The lowest BCUT2D eigenvalue weighted by molar-refractivity contribution is -0.138. The minimum absolute atomic E-state index is 0.000730. The van der Waals surface area contributed by atoms with Gasteiger partial charge in [0.1, 0.15) is 6.61 Å². The number of fused-ring (bicyclic) bond motifs is 1. The van der Waals surface area contributed by atoms with Crippen molar-refractivity contribution in [2.75, 3.05) is 26.8 Å². The molecule has 26 heavy (non-hydrogen) atoms. The molecule has 1 saturated heterocycles. The Morgan fingerprint density at radius 2 is 1.96 bits per heavy atom. The van der Waals surface area contributed by atoms with Gasteiger partial charge in [0, 0.05) is 50.4 Å². The van der Waals surface area contributed by atoms with E-state index in [1.807, 2.05) is 19.1 Å². The largest absolute Gasteiger partial charge is 0.375 e. The number of hydrogen-bond donors (Lipinski definition) is 1. The molecule has 140 valence electrons. The molecule has 1 N–H and O–H groups in total. The number of methoxy groups -OCH3 is 1. The number of benzene rings is 1. The van der Waals surface area contributed by atoms with E-state index in [9.17, 15) is 9.59 Å². The summed E-state index contributed by atoms with van der Waals surface area (Å²) < 4.78 is 7.06. The highest BCUT2D eigenvalue weighted by Crippen LogP contribution is 2.19. The number of likely N-dealkylation sites (tertiary alicyclic amines) is 1. The van der Waals surface area contributed by atoms with Crippen molar-refractivity contribution in [3.63, 3.8) is 0 Å². The van der Waals surface area contributed by atoms with Gasteiger partial charge in [0.15, 0.2) is 0 Å². The molecule has 1 fully saturated rings. The Morgan fingerprint density at radius 1 is 1.23 bits per heavy atom. The third-order valence-electron chi connectivity index (χ3n) is 5.03. The topological polar surface area (TPSA) is 63.6 Å². The molecule has 6 nitrogen and oxygen atoms in total. The summed E-state index contributed by atoms with van der Waals surface area (Å²) in [6, 6.07) is 10.4. The van der Waals surface area contributed by atoms with Gasteiger partial charge in [-0.15, -0.1) is 0 Å². The standard InChI is InChI=1S/C20H27N3O3/c1-15(13-23-12-7-16-5-3-4-6-18(16)23)21-20(25)17-8-10-22(11-9-17)19(24)14-26-2/h3-7,12,15,17H,8-11,13-14H2,1-2H3,(H,21,25). The van der Waals surface area contributed by atoms with Gasteiger partial charge in [0.2, 0.25) is 11.8 Å². The molecule has 2 amide bonds. The molecule has 0 aliphatic carbocycles. The molecule has 0 bridgehead atoms. The SMILES string of the molecule is COCC(=O)N1CCC(C(=O)NC(C)Cn2ccc3ccccc32)CC1. The van der Waals surface area contributed by atoms with Gasteiger partial charge >= 0.3 is 0 Å². The first-order valence-electron chi connectivity index (χ1n) is 9.19. The zero-order valence-electron chi connectivity index (χ0n) is 15.5. The minimum atomic E-state index is -0.0227. The lowest BCUT2D eigenvalue weighted by Gasteiger charge is -2.31. The molecular weight excluding hydrogens is 330 g/mol. The van der Waals surface area contributed by atoms with Crippen LogP contribution >= 0.6 is 0 Å². The van der Waals surface area contributed by atoms with Crippen LogP contribution in [0.2, 0.25) is 0 Å². The summed E-state index contributed by atoms with van der Waals surface area (Å²) in [4.78, 5) is 26.2. The van der Waals surface area contributed by atoms with Crippen molar-refractivity contribution in [3.8, 4) is 0 Å². The summed E-state index contributed by atoms with van der Waals surface area (Å²) in [5.41, 5.74) is 1.18. The maximum atomic E-state index is 12.6. The van der Waals surface area contributed by atoms with Crippen LogP contribution in [-0.2, 0) is 20.9 Å². The van der Waals surface area contributed by atoms with Gasteiger partial charge < -0.3 is 19.5 Å². The van der Waals surface area contributed by atoms with Crippen LogP contribution in [0.1, 0.15) is 19.8 Å². The second-order valence-corrected chi connectivity index (χ2v) is 7.02. The van der Waals surface area contributed by atoms with Crippen molar-refractivity contribution in [1.82, 2.24) is 14.8 Å². The summed E-state index contributed by atoms with van der Waals surface area (Å²) in [5.74, 6) is 0.0671. The lowest BCUT2D eigenvalue weighted by atomic mass is 9.95. The highest BCUT2D eigenvalue weighted by atomic mass is 16.5. The fourth-order valence-corrected chi connectivity index (χ4v) is 3.61. The number of aromatic nitrogens is 1. The van der Waals surface area contributed by atoms with Gasteiger partial charge in [-0.25, -0.2) is 0 Å². The number of nitrogens with zero attached hydrogens (tertiary/aromatic N) is 2. The molecular formula is C20H27N3O3. The molecule has 6 heteroatoms. The fourth-order valence-electron chi connectivity index (χ4n) is 3.61. The molecule has 1 aliphatic heterocycles. The second kappa shape index (κ2) is 8.36. The Hall–Kier alpha value is -2.34. The quantitative estimate of drug-likeness (QED) is 0.860. The maximum Gasteiger partial charge on any atom is 0.248 e. The smallest absolute Gasteiger partial charge is 0.248 e. The molecule has 1 atom stereocenters. The first-order chi connectivity index (χ1) is 12.6. The van der Waals surface area contributed by atoms with Crippen LogP contribution in [0.25, 0.3) is 10.9 Å². The third kappa shape index (κ3) is 4.25. The first kappa shape index (κ1) is 18.5. The number of nitrogens with one attached hydrogen (secondary N) is 1. The van der Waals surface area contributed by atoms with Crippen molar-refractivity contribution in [3.05, 3.63) is 36.5 Å². The third-order valence-corrected chi connectivity index (χ3v) is 5.03. The van der Waals surface area contributed by atoms with E-state index in [0.717, 1.165) is 6.54 Å². The molecule has 1 aromatic carbocycles. The predicted molar refractivity (Wildman–Crippen MR) is 101 cm³/mol. The monoisotopic (exact) mass is 357 g/mol. The number of ether oxygens (including phenoxy) is 1. The van der Waals surface area contributed by atoms with Crippen LogP contribution in [-0.4, -0.2) is 54.1 Å². The summed E-state index contributed by atoms with van der Waals surface area (Å²) in [6.07, 6.45) is 3.48. The molecule has 0 spiro atoms. The van der Waals surface area contributed by atoms with E-state index >= 15 is 0 Å². The van der Waals surface area contributed by atoms with Gasteiger partial charge in [-0.3, -0.25) is 9.59 Å². The Kier molecular flexibility index (Phi) is 5.93. The zero-order valence-corrected chi connectivity index (χ0v) is 15.5. The Balaban J connectivity index is 1.50. The van der Waals surface area contributed by atoms with Crippen LogP contribution < -0.4 is 5.32 Å². The number of carbonyl (C=O) groups is 2. The van der Waals surface area contributed by atoms with Crippen molar-refractivity contribution >= 4 is 22.7 Å². The highest BCUT2D eigenvalue weighted by Gasteiger charge is 2.27. The summed E-state index contributed by atoms with van der Waals surface area (Å²) in [6.45, 7) is 4.13. The van der Waals surface area contributed by atoms with Crippen LogP contribution in [0.15, 0.2) is 36.5 Å². The molecule has 3 rings (SSSR count). The Morgan fingerprint density at radius 3 is 2.69 bits per heavy atom. The number of amides is 2. The van der Waals surface area contributed by atoms with Gasteiger partial charge in [-0.05, 0) is 37.3 Å². The van der Waals surface area contributed by atoms with Crippen LogP contribution in [0.4, 0.5) is 0 Å². The first-order valence-corrected chi connectivity index (χ1v) is 9.19. The molecule has 1 aliphatic rings. The van der Waals surface area contributed by atoms with E-state index in [-0.39, 0.29) is 30.4 Å². The average molecular weight is 357 g/mol. The minimum Gasteiger partial charge on any atom is -0.375 e. The maximum absolute atomic E-state index is 12.6. The second-order valence-electron chi connectivity index (χ2n) is 7.02. The molecule has 2 heterocycles. The lowest BCUT2D eigenvalue weighted by Crippen LogP contribution is -2.46. The summed E-state index contributed by atoms with van der Waals surface area (Å²) >= 11 is 0. The van der Waals surface area contributed by atoms with Crippen LogP contribution in [0.3, 0.4) is 0 Å². The van der Waals surface area contributed by atoms with Crippen molar-refractivity contribution in [1.29, 1.82) is 0 Å². The number of rotatable bonds is 6. The fraction of sp³-hybridized carbons (Fsp3) is 0.500. The molecule has 0 saturated carbocycles. The van der Waals surface area contributed by atoms with Crippen molar-refractivity contribution in [2.24, 2.45) is 5.92 Å². The van der Waals surface area contributed by atoms with E-state index in [1.165, 1.54) is 18.0 Å². The normalized spacial score (nSPS) is 16.6. The molecule has 0 radical (unpaired) electrons. The Bertz CT molecular complexity index is 763. The highest BCUT2D eigenvalue weighted by molar-refractivity contribution is 5.81. The number of para-hydroxylation sites is 1. The van der Waals surface area contributed by atoms with E-state index < -0.39 is 0 Å². The number of hydrogen-bond acceptors (Lipinski definition) is 3. The van der Waals surface area contributed by atoms with Gasteiger partial charge in [0.05, 0.1) is 0 Å². The number of carbonyl (C=O) groups excluding carboxylic acids is 2. The van der Waals surface area contributed by atoms with Crippen molar-refractivity contribution < 1.29 is 14.3 Å². The average Bonchev–Trinajstić information content (AvgIpc) is 3.05. The summed E-state index contributed by atoms with van der Waals surface area (Å²) in [7, 11) is 1.52. The van der Waals surface area contributed by atoms with Crippen LogP contribution in [0.5, 0.6) is 0 Å². The van der Waals surface area contributed by atoms with E-state index in [2.05, 4.69) is 34.3 Å². The molecule has 1 unspecified atom stereocenters. The van der Waals surface area contributed by atoms with Gasteiger partial charge in [0.25, 0.3) is 0 Å². The van der Waals surface area contributed by atoms with Crippen LogP contribution in [0, 0.1) is 5.92 Å². The number of piperidine rings is 1. The zero-order chi connectivity index (χ0) is 18.5. The molecule has 2 aromatic rings. The Labute approximate surface area is 154 Å². The van der Waals surface area contributed by atoms with Crippen molar-refractivity contribution in [2.45, 2.75) is 32.4 Å².